The lowest BCUT2D eigenvalue weighted by molar-refractivity contribution is -0.108. The molecule has 0 bridgehead atoms. The van der Waals surface area contributed by atoms with Crippen LogP contribution in [0, 0.1) is 5.41 Å². The summed E-state index contributed by atoms with van der Waals surface area (Å²) < 4.78 is 0. The van der Waals surface area contributed by atoms with Crippen LogP contribution >= 0.6 is 11.6 Å². The van der Waals surface area contributed by atoms with E-state index in [0.29, 0.717) is 0 Å². The summed E-state index contributed by atoms with van der Waals surface area (Å²) in [5.41, 5.74) is 1.03. The van der Waals surface area contributed by atoms with Gasteiger partial charge in [-0.1, -0.05) is 19.9 Å². The van der Waals surface area contributed by atoms with Gasteiger partial charge in [0.2, 0.25) is 5.24 Å². The molecule has 0 amide bonds. The monoisotopic (exact) mass is 158 g/mol. The number of hydrogen-bond donors (Lipinski definition) is 0. The fraction of sp³-hybridized carbons (Fsp3) is 0.625. The second kappa shape index (κ2) is 2.39. The predicted molar refractivity (Wildman–Crippen MR) is 42.0 cm³/mol. The molecule has 0 radical (unpaired) electrons. The fourth-order valence-electron chi connectivity index (χ4n) is 1.21. The first kappa shape index (κ1) is 7.80. The minimum atomic E-state index is -0.287. The number of carbonyl (C=O) groups excluding carboxylic acids is 1. The van der Waals surface area contributed by atoms with Gasteiger partial charge >= 0.3 is 0 Å². The maximum absolute atomic E-state index is 10.6. The van der Waals surface area contributed by atoms with Crippen LogP contribution in [0.2, 0.25) is 0 Å². The van der Waals surface area contributed by atoms with Crippen LogP contribution in [0.15, 0.2) is 11.6 Å². The van der Waals surface area contributed by atoms with Crippen molar-refractivity contribution in [3.05, 3.63) is 11.6 Å². The molecule has 0 fully saturated rings. The van der Waals surface area contributed by atoms with E-state index in [4.69, 9.17) is 11.6 Å². The highest BCUT2D eigenvalue weighted by Gasteiger charge is 2.26. The van der Waals surface area contributed by atoms with Crippen molar-refractivity contribution in [2.24, 2.45) is 5.41 Å². The Morgan fingerprint density at radius 2 is 2.30 bits per heavy atom. The molecule has 0 saturated heterocycles. The molecule has 10 heavy (non-hydrogen) atoms. The molecule has 0 atom stereocenters. The third-order valence-electron chi connectivity index (χ3n) is 1.82. The molecule has 0 aliphatic heterocycles. The van der Waals surface area contributed by atoms with E-state index in [-0.39, 0.29) is 10.7 Å². The number of hydrogen-bond acceptors (Lipinski definition) is 1. The standard InChI is InChI=1S/C8H11ClO/c1-8(2)4-3-6(5-8)7(9)10/h3H,4-5H2,1-2H3. The van der Waals surface area contributed by atoms with Crippen molar-refractivity contribution in [2.75, 3.05) is 0 Å². The number of rotatable bonds is 1. The van der Waals surface area contributed by atoms with Gasteiger partial charge in [0.15, 0.2) is 0 Å². The van der Waals surface area contributed by atoms with Crippen LogP contribution in [-0.4, -0.2) is 5.24 Å². The Kier molecular flexibility index (Phi) is 1.86. The average molecular weight is 159 g/mol. The maximum atomic E-state index is 10.6. The summed E-state index contributed by atoms with van der Waals surface area (Å²) in [5, 5.41) is -0.287. The van der Waals surface area contributed by atoms with Gasteiger partial charge in [0, 0.05) is 5.57 Å². The Labute approximate surface area is 66.1 Å². The van der Waals surface area contributed by atoms with Gasteiger partial charge in [-0.3, -0.25) is 4.79 Å². The summed E-state index contributed by atoms with van der Waals surface area (Å²) in [5.74, 6) is 0. The van der Waals surface area contributed by atoms with Crippen molar-refractivity contribution >= 4 is 16.8 Å². The Morgan fingerprint density at radius 1 is 1.70 bits per heavy atom. The van der Waals surface area contributed by atoms with Crippen molar-refractivity contribution in [3.63, 3.8) is 0 Å². The summed E-state index contributed by atoms with van der Waals surface area (Å²) in [6.45, 7) is 4.27. The van der Waals surface area contributed by atoms with E-state index < -0.39 is 0 Å². The molecule has 0 N–H and O–H groups in total. The van der Waals surface area contributed by atoms with E-state index in [1.165, 1.54) is 0 Å². The average Bonchev–Trinajstić information content (AvgIpc) is 2.10. The lowest BCUT2D eigenvalue weighted by Gasteiger charge is -2.15. The van der Waals surface area contributed by atoms with Gasteiger partial charge in [0.25, 0.3) is 0 Å². The lowest BCUT2D eigenvalue weighted by atomic mass is 9.90. The first-order valence-electron chi connectivity index (χ1n) is 3.40. The molecule has 2 heteroatoms. The Bertz CT molecular complexity index is 191. The molecule has 56 valence electrons. The van der Waals surface area contributed by atoms with E-state index >= 15 is 0 Å². The van der Waals surface area contributed by atoms with Crippen LogP contribution in [0.1, 0.15) is 26.7 Å². The molecular formula is C8H11ClO. The Hall–Kier alpha value is -0.300. The van der Waals surface area contributed by atoms with Gasteiger partial charge in [-0.05, 0) is 29.9 Å². The lowest BCUT2D eigenvalue weighted by Crippen LogP contribution is -2.06. The minimum Gasteiger partial charge on any atom is -0.276 e. The molecule has 0 saturated carbocycles. The molecule has 0 spiro atoms. The first-order valence-corrected chi connectivity index (χ1v) is 3.78. The minimum absolute atomic E-state index is 0.250. The second-order valence-electron chi connectivity index (χ2n) is 3.55. The van der Waals surface area contributed by atoms with Gasteiger partial charge in [-0.15, -0.1) is 0 Å². The van der Waals surface area contributed by atoms with Crippen LogP contribution in [-0.2, 0) is 4.79 Å². The molecule has 1 nitrogen and oxygen atoms in total. The van der Waals surface area contributed by atoms with Gasteiger partial charge < -0.3 is 0 Å². The molecular weight excluding hydrogens is 148 g/mol. The van der Waals surface area contributed by atoms with Crippen molar-refractivity contribution in [2.45, 2.75) is 26.7 Å². The van der Waals surface area contributed by atoms with E-state index in [1.54, 1.807) is 0 Å². The van der Waals surface area contributed by atoms with E-state index in [2.05, 4.69) is 13.8 Å². The van der Waals surface area contributed by atoms with Gasteiger partial charge in [-0.25, -0.2) is 0 Å². The molecule has 0 heterocycles. The Morgan fingerprint density at radius 3 is 2.50 bits per heavy atom. The quantitative estimate of drug-likeness (QED) is 0.536. The zero-order chi connectivity index (χ0) is 7.78. The zero-order valence-corrected chi connectivity index (χ0v) is 7.03. The molecule has 1 aliphatic rings. The molecule has 0 aromatic carbocycles. The van der Waals surface area contributed by atoms with Crippen molar-refractivity contribution < 1.29 is 4.79 Å². The normalized spacial score (nSPS) is 22.5. The summed E-state index contributed by atoms with van der Waals surface area (Å²) in [6, 6.07) is 0. The highest BCUT2D eigenvalue weighted by atomic mass is 35.5. The number of allylic oxidation sites excluding steroid dienone is 2. The van der Waals surface area contributed by atoms with Crippen LogP contribution in [0.25, 0.3) is 0 Å². The largest absolute Gasteiger partial charge is 0.276 e. The van der Waals surface area contributed by atoms with Crippen molar-refractivity contribution in [1.82, 2.24) is 0 Å². The first-order chi connectivity index (χ1) is 4.51. The van der Waals surface area contributed by atoms with Crippen LogP contribution in [0.5, 0.6) is 0 Å². The highest BCUT2D eigenvalue weighted by molar-refractivity contribution is 6.67. The SMILES string of the molecule is CC1(C)CC=C(C(=O)Cl)C1. The molecule has 0 unspecified atom stereocenters. The summed E-state index contributed by atoms with van der Waals surface area (Å²) in [4.78, 5) is 10.6. The summed E-state index contributed by atoms with van der Waals surface area (Å²) >= 11 is 5.30. The van der Waals surface area contributed by atoms with E-state index in [1.807, 2.05) is 6.08 Å². The molecule has 1 aliphatic carbocycles. The van der Waals surface area contributed by atoms with Gasteiger partial charge in [0.1, 0.15) is 0 Å². The van der Waals surface area contributed by atoms with E-state index in [9.17, 15) is 4.79 Å². The number of halogens is 1. The second-order valence-corrected chi connectivity index (χ2v) is 3.89. The summed E-state index contributed by atoms with van der Waals surface area (Å²) in [6.07, 6.45) is 3.74. The van der Waals surface area contributed by atoms with Crippen LogP contribution in [0.3, 0.4) is 0 Å². The fourth-order valence-corrected chi connectivity index (χ4v) is 1.35. The van der Waals surface area contributed by atoms with Gasteiger partial charge in [-0.2, -0.15) is 0 Å². The topological polar surface area (TPSA) is 17.1 Å². The summed E-state index contributed by atoms with van der Waals surface area (Å²) in [7, 11) is 0. The van der Waals surface area contributed by atoms with Crippen molar-refractivity contribution in [3.8, 4) is 0 Å². The predicted octanol–water partition coefficient (Wildman–Crippen LogP) is 2.50. The molecule has 1 rings (SSSR count). The van der Waals surface area contributed by atoms with Crippen LogP contribution in [0.4, 0.5) is 0 Å². The smallest absolute Gasteiger partial charge is 0.248 e. The van der Waals surface area contributed by atoms with Crippen molar-refractivity contribution in [1.29, 1.82) is 0 Å². The highest BCUT2D eigenvalue weighted by Crippen LogP contribution is 2.36. The third kappa shape index (κ3) is 1.60. The third-order valence-corrected chi connectivity index (χ3v) is 2.07. The molecule has 0 aromatic rings. The van der Waals surface area contributed by atoms with Crippen LogP contribution < -0.4 is 0 Å². The molecule has 0 aromatic heterocycles. The Balaban J connectivity index is 2.64. The maximum Gasteiger partial charge on any atom is 0.248 e. The number of carbonyl (C=O) groups is 1. The van der Waals surface area contributed by atoms with Gasteiger partial charge in [0.05, 0.1) is 0 Å². The zero-order valence-electron chi connectivity index (χ0n) is 6.28. The van der Waals surface area contributed by atoms with E-state index in [0.717, 1.165) is 18.4 Å².